The van der Waals surface area contributed by atoms with Crippen molar-refractivity contribution in [1.29, 1.82) is 0 Å². The van der Waals surface area contributed by atoms with Gasteiger partial charge in [-0.3, -0.25) is 0 Å². The number of aliphatic hydroxyl groups is 1. The molecule has 23 heavy (non-hydrogen) atoms. The molecule has 0 aromatic heterocycles. The second-order valence-electron chi connectivity index (χ2n) is 6.62. The number of allylic oxidation sites excluding steroid dienone is 1. The molecule has 0 aromatic rings. The number of aliphatic hydroxyl groups excluding tert-OH is 1. The maximum absolute atomic E-state index is 10.4. The van der Waals surface area contributed by atoms with E-state index in [1.807, 2.05) is 25.2 Å². The molecule has 3 nitrogen and oxygen atoms in total. The van der Waals surface area contributed by atoms with Gasteiger partial charge >= 0.3 is 0 Å². The van der Waals surface area contributed by atoms with E-state index in [0.717, 1.165) is 25.9 Å². The predicted octanol–water partition coefficient (Wildman–Crippen LogP) is 4.09. The lowest BCUT2D eigenvalue weighted by Crippen LogP contribution is -2.23. The van der Waals surface area contributed by atoms with Gasteiger partial charge in [-0.1, -0.05) is 43.6 Å². The van der Waals surface area contributed by atoms with Crippen molar-refractivity contribution in [3.05, 3.63) is 24.3 Å². The monoisotopic (exact) mass is 342 g/mol. The van der Waals surface area contributed by atoms with Crippen molar-refractivity contribution < 1.29 is 14.6 Å². The molecule has 2 rings (SSSR count). The highest BCUT2D eigenvalue weighted by atomic mass is 35.5. The van der Waals surface area contributed by atoms with Crippen LogP contribution in [0.2, 0.25) is 0 Å². The van der Waals surface area contributed by atoms with E-state index in [1.54, 1.807) is 0 Å². The first-order valence-corrected chi connectivity index (χ1v) is 9.50. The molecule has 2 aliphatic rings. The lowest BCUT2D eigenvalue weighted by molar-refractivity contribution is 0.113. The van der Waals surface area contributed by atoms with Gasteiger partial charge in [-0.25, -0.2) is 0 Å². The fourth-order valence-corrected chi connectivity index (χ4v) is 3.82. The maximum atomic E-state index is 10.4. The molecule has 4 heteroatoms. The van der Waals surface area contributed by atoms with E-state index >= 15 is 0 Å². The molecule has 1 aliphatic heterocycles. The van der Waals surface area contributed by atoms with Gasteiger partial charge < -0.3 is 14.6 Å². The zero-order valence-corrected chi connectivity index (χ0v) is 15.0. The number of alkyl halides is 1. The van der Waals surface area contributed by atoms with Gasteiger partial charge in [0.2, 0.25) is 0 Å². The van der Waals surface area contributed by atoms with E-state index in [1.165, 1.54) is 19.3 Å². The summed E-state index contributed by atoms with van der Waals surface area (Å²) in [6.45, 7) is 3.96. The zero-order valence-electron chi connectivity index (χ0n) is 14.2. The summed E-state index contributed by atoms with van der Waals surface area (Å²) in [6, 6.07) is 0. The lowest BCUT2D eigenvalue weighted by Gasteiger charge is -2.25. The van der Waals surface area contributed by atoms with Gasteiger partial charge in [0, 0.05) is 12.5 Å². The van der Waals surface area contributed by atoms with Gasteiger partial charge in [-0.05, 0) is 32.1 Å². The summed E-state index contributed by atoms with van der Waals surface area (Å²) in [5, 5.41) is 10.4. The summed E-state index contributed by atoms with van der Waals surface area (Å²) >= 11 is 6.39. The van der Waals surface area contributed by atoms with Crippen LogP contribution in [0.4, 0.5) is 0 Å². The summed E-state index contributed by atoms with van der Waals surface area (Å²) in [7, 11) is 0. The third-order valence-corrected chi connectivity index (χ3v) is 5.41. The highest BCUT2D eigenvalue weighted by Crippen LogP contribution is 2.31. The van der Waals surface area contributed by atoms with Crippen LogP contribution in [-0.2, 0) is 9.47 Å². The molecule has 0 bridgehead atoms. The van der Waals surface area contributed by atoms with Crippen LogP contribution in [0.5, 0.6) is 0 Å². The number of ether oxygens (including phenoxy) is 2. The standard InChI is InChI=1S/C19H31ClO3/c1-2-22-13-7-6-10-16-17(20)14-23-19(16)12-11-18(21)15-8-4-3-5-9-15/h6-7,11-12,15-19,21H,2-5,8-10,13-14H2,1H3/b7-6+,12-11+. The molecule has 0 aromatic carbocycles. The van der Waals surface area contributed by atoms with Crippen LogP contribution in [0.15, 0.2) is 24.3 Å². The summed E-state index contributed by atoms with van der Waals surface area (Å²) in [5.41, 5.74) is 0. The second-order valence-corrected chi connectivity index (χ2v) is 7.18. The van der Waals surface area contributed by atoms with Gasteiger partial charge in [0.15, 0.2) is 0 Å². The van der Waals surface area contributed by atoms with Crippen molar-refractivity contribution >= 4 is 11.6 Å². The normalized spacial score (nSPS) is 31.3. The van der Waals surface area contributed by atoms with Gasteiger partial charge in [-0.15, -0.1) is 11.6 Å². The Bertz CT molecular complexity index is 377. The predicted molar refractivity (Wildman–Crippen MR) is 94.8 cm³/mol. The number of hydrogen-bond donors (Lipinski definition) is 1. The lowest BCUT2D eigenvalue weighted by atomic mass is 9.85. The molecule has 1 saturated heterocycles. The molecule has 132 valence electrons. The van der Waals surface area contributed by atoms with Crippen LogP contribution < -0.4 is 0 Å². The Morgan fingerprint density at radius 3 is 2.78 bits per heavy atom. The molecule has 4 atom stereocenters. The van der Waals surface area contributed by atoms with E-state index in [2.05, 4.69) is 6.08 Å². The fourth-order valence-electron chi connectivity index (χ4n) is 3.50. The summed E-state index contributed by atoms with van der Waals surface area (Å²) in [4.78, 5) is 0. The van der Waals surface area contributed by atoms with E-state index in [4.69, 9.17) is 21.1 Å². The Morgan fingerprint density at radius 2 is 2.04 bits per heavy atom. The average Bonchev–Trinajstić information content (AvgIpc) is 2.93. The average molecular weight is 343 g/mol. The van der Waals surface area contributed by atoms with Gasteiger partial charge in [0.25, 0.3) is 0 Å². The molecule has 1 N–H and O–H groups in total. The smallest absolute Gasteiger partial charge is 0.0803 e. The highest BCUT2D eigenvalue weighted by molar-refractivity contribution is 6.21. The van der Waals surface area contributed by atoms with Crippen molar-refractivity contribution in [3.8, 4) is 0 Å². The van der Waals surface area contributed by atoms with Gasteiger partial charge in [-0.2, -0.15) is 0 Å². The molecule has 0 radical (unpaired) electrons. The fraction of sp³-hybridized carbons (Fsp3) is 0.789. The molecule has 4 unspecified atom stereocenters. The van der Waals surface area contributed by atoms with E-state index in [0.29, 0.717) is 19.1 Å². The van der Waals surface area contributed by atoms with Crippen molar-refractivity contribution in [2.75, 3.05) is 19.8 Å². The van der Waals surface area contributed by atoms with Crippen LogP contribution in [0.25, 0.3) is 0 Å². The largest absolute Gasteiger partial charge is 0.389 e. The maximum Gasteiger partial charge on any atom is 0.0803 e. The third kappa shape index (κ3) is 6.22. The van der Waals surface area contributed by atoms with Crippen LogP contribution in [0, 0.1) is 11.8 Å². The number of hydrogen-bond acceptors (Lipinski definition) is 3. The van der Waals surface area contributed by atoms with Gasteiger partial charge in [0.05, 0.1) is 30.8 Å². The molecular weight excluding hydrogens is 312 g/mol. The molecule has 0 spiro atoms. The molecule has 1 aliphatic carbocycles. The Kier molecular flexibility index (Phi) is 8.67. The summed E-state index contributed by atoms with van der Waals surface area (Å²) in [5.74, 6) is 0.682. The van der Waals surface area contributed by atoms with Crippen LogP contribution in [0.1, 0.15) is 45.4 Å². The third-order valence-electron chi connectivity index (χ3n) is 4.96. The summed E-state index contributed by atoms with van der Waals surface area (Å²) < 4.78 is 11.1. The SMILES string of the molecule is CCOC/C=C/CC1C(Cl)COC1/C=C/C(O)C1CCCCC1. The minimum atomic E-state index is -0.345. The zero-order chi connectivity index (χ0) is 16.5. The van der Waals surface area contributed by atoms with E-state index in [-0.39, 0.29) is 23.5 Å². The van der Waals surface area contributed by atoms with Gasteiger partial charge in [0.1, 0.15) is 0 Å². The molecule has 1 heterocycles. The molecular formula is C19H31ClO3. The molecule has 1 saturated carbocycles. The Labute approximate surface area is 145 Å². The molecule has 2 fully saturated rings. The van der Waals surface area contributed by atoms with Crippen LogP contribution >= 0.6 is 11.6 Å². The van der Waals surface area contributed by atoms with Crippen molar-refractivity contribution in [3.63, 3.8) is 0 Å². The first kappa shape index (κ1) is 19.0. The number of halogens is 1. The van der Waals surface area contributed by atoms with Crippen LogP contribution in [0.3, 0.4) is 0 Å². The Morgan fingerprint density at radius 1 is 1.26 bits per heavy atom. The second kappa shape index (κ2) is 10.5. The van der Waals surface area contributed by atoms with E-state index in [9.17, 15) is 5.11 Å². The van der Waals surface area contributed by atoms with Crippen molar-refractivity contribution in [2.45, 2.75) is 63.0 Å². The topological polar surface area (TPSA) is 38.7 Å². The van der Waals surface area contributed by atoms with Crippen molar-refractivity contribution in [2.24, 2.45) is 11.8 Å². The Balaban J connectivity index is 1.81. The van der Waals surface area contributed by atoms with E-state index < -0.39 is 0 Å². The first-order valence-electron chi connectivity index (χ1n) is 9.07. The molecule has 0 amide bonds. The quantitative estimate of drug-likeness (QED) is 0.410. The van der Waals surface area contributed by atoms with Crippen molar-refractivity contribution in [1.82, 2.24) is 0 Å². The minimum Gasteiger partial charge on any atom is -0.389 e. The first-order chi connectivity index (χ1) is 11.2. The highest BCUT2D eigenvalue weighted by Gasteiger charge is 2.33. The Hall–Kier alpha value is -0.350. The van der Waals surface area contributed by atoms with Crippen LogP contribution in [-0.4, -0.2) is 42.5 Å². The minimum absolute atomic E-state index is 0.00693. The summed E-state index contributed by atoms with van der Waals surface area (Å²) in [6.07, 6.45) is 14.8. The number of rotatable bonds is 8.